The molecule has 0 atom stereocenters. The monoisotopic (exact) mass is 346 g/mol. The molecule has 25 heavy (non-hydrogen) atoms. The molecule has 0 saturated carbocycles. The van der Waals surface area contributed by atoms with Gasteiger partial charge in [-0.2, -0.15) is 4.68 Å². The highest BCUT2D eigenvalue weighted by Gasteiger charge is 2.20. The molecule has 0 aliphatic heterocycles. The quantitative estimate of drug-likeness (QED) is 0.483. The van der Waals surface area contributed by atoms with E-state index in [1.165, 1.54) is 30.0 Å². The van der Waals surface area contributed by atoms with Gasteiger partial charge in [0.1, 0.15) is 5.75 Å². The highest BCUT2D eigenvalue weighted by Crippen LogP contribution is 2.31. The minimum absolute atomic E-state index is 0.0457. The molecule has 0 amide bonds. The van der Waals surface area contributed by atoms with Crippen molar-refractivity contribution in [1.82, 2.24) is 25.4 Å². The summed E-state index contributed by atoms with van der Waals surface area (Å²) in [6.45, 7) is 3.50. The van der Waals surface area contributed by atoms with Gasteiger partial charge in [-0.05, 0) is 30.3 Å². The van der Waals surface area contributed by atoms with E-state index in [4.69, 9.17) is 14.0 Å². The lowest BCUT2D eigenvalue weighted by atomic mass is 10.3. The maximum Gasteiger partial charge on any atom is 0.311 e. The lowest BCUT2D eigenvalue weighted by Gasteiger charge is -2.08. The Labute approximate surface area is 141 Å². The zero-order chi connectivity index (χ0) is 18.0. The molecule has 130 valence electrons. The summed E-state index contributed by atoms with van der Waals surface area (Å²) in [4.78, 5) is 10.6. The van der Waals surface area contributed by atoms with Gasteiger partial charge in [0, 0.05) is 17.7 Å². The second-order valence-corrected chi connectivity index (χ2v) is 5.08. The molecule has 3 rings (SSSR count). The third-order valence-electron chi connectivity index (χ3n) is 3.58. The number of tetrazole rings is 1. The van der Waals surface area contributed by atoms with Crippen molar-refractivity contribution in [3.8, 4) is 17.4 Å². The van der Waals surface area contributed by atoms with Gasteiger partial charge in [-0.1, -0.05) is 5.16 Å². The summed E-state index contributed by atoms with van der Waals surface area (Å²) in [5.74, 6) is 1.14. The van der Waals surface area contributed by atoms with Crippen LogP contribution in [0.2, 0.25) is 0 Å². The summed E-state index contributed by atoms with van der Waals surface area (Å²) in [5.41, 5.74) is 1.30. The van der Waals surface area contributed by atoms with E-state index in [-0.39, 0.29) is 18.0 Å². The van der Waals surface area contributed by atoms with Crippen molar-refractivity contribution in [3.63, 3.8) is 0 Å². The van der Waals surface area contributed by atoms with Gasteiger partial charge >= 0.3 is 5.69 Å². The molecule has 0 radical (unpaired) electrons. The van der Waals surface area contributed by atoms with Crippen LogP contribution in [0.4, 0.5) is 5.69 Å². The second kappa shape index (κ2) is 6.55. The molecular weight excluding hydrogens is 332 g/mol. The van der Waals surface area contributed by atoms with Crippen molar-refractivity contribution in [2.45, 2.75) is 20.5 Å². The standard InChI is InChI=1S/C14H14N6O5/c1-8-9(2)16-25-14(8)19-13(15-17-18-19)7-24-12-6-10(23-3)4-5-11(12)20(21)22/h4-6H,7H2,1-3H3. The van der Waals surface area contributed by atoms with Crippen LogP contribution in [0, 0.1) is 24.0 Å². The molecule has 1 aromatic carbocycles. The van der Waals surface area contributed by atoms with Crippen molar-refractivity contribution in [2.24, 2.45) is 0 Å². The zero-order valence-corrected chi connectivity index (χ0v) is 13.7. The fourth-order valence-electron chi connectivity index (χ4n) is 2.08. The van der Waals surface area contributed by atoms with Gasteiger partial charge in [0.05, 0.1) is 17.7 Å². The van der Waals surface area contributed by atoms with Crippen LogP contribution in [-0.2, 0) is 6.61 Å². The van der Waals surface area contributed by atoms with Crippen LogP contribution in [0.5, 0.6) is 11.5 Å². The molecule has 0 fully saturated rings. The molecule has 0 aliphatic rings. The van der Waals surface area contributed by atoms with Gasteiger partial charge in [-0.15, -0.1) is 5.10 Å². The molecule has 11 nitrogen and oxygen atoms in total. The average Bonchev–Trinajstić information content (AvgIpc) is 3.19. The van der Waals surface area contributed by atoms with Crippen LogP contribution < -0.4 is 9.47 Å². The number of ether oxygens (including phenoxy) is 2. The Balaban J connectivity index is 1.87. The third-order valence-corrected chi connectivity index (χ3v) is 3.58. The molecule has 11 heteroatoms. The Bertz CT molecular complexity index is 918. The summed E-state index contributed by atoms with van der Waals surface area (Å²) in [7, 11) is 1.46. The van der Waals surface area contributed by atoms with E-state index in [1.54, 1.807) is 6.92 Å². The number of nitro groups is 1. The van der Waals surface area contributed by atoms with Crippen LogP contribution in [0.25, 0.3) is 5.88 Å². The number of hydrogen-bond acceptors (Lipinski definition) is 9. The van der Waals surface area contributed by atoms with E-state index >= 15 is 0 Å². The highest BCUT2D eigenvalue weighted by molar-refractivity contribution is 5.50. The fraction of sp³-hybridized carbons (Fsp3) is 0.286. The first kappa shape index (κ1) is 16.4. The van der Waals surface area contributed by atoms with Gasteiger partial charge in [0.15, 0.2) is 12.4 Å². The third kappa shape index (κ3) is 3.11. The van der Waals surface area contributed by atoms with Crippen molar-refractivity contribution in [1.29, 1.82) is 0 Å². The topological polar surface area (TPSA) is 131 Å². The van der Waals surface area contributed by atoms with Crippen LogP contribution >= 0.6 is 0 Å². The van der Waals surface area contributed by atoms with Crippen molar-refractivity contribution in [2.75, 3.05) is 7.11 Å². The molecule has 0 unspecified atom stereocenters. The first-order chi connectivity index (χ1) is 12.0. The van der Waals surface area contributed by atoms with Crippen LogP contribution in [0.1, 0.15) is 17.1 Å². The molecular formula is C14H14N6O5. The number of methoxy groups -OCH3 is 1. The van der Waals surface area contributed by atoms with E-state index in [0.717, 1.165) is 5.56 Å². The minimum atomic E-state index is -0.540. The summed E-state index contributed by atoms with van der Waals surface area (Å²) in [6.07, 6.45) is 0. The number of rotatable bonds is 6. The maximum absolute atomic E-state index is 11.1. The first-order valence-corrected chi connectivity index (χ1v) is 7.17. The summed E-state index contributed by atoms with van der Waals surface area (Å²) < 4.78 is 17.2. The largest absolute Gasteiger partial charge is 0.497 e. The van der Waals surface area contributed by atoms with Crippen LogP contribution in [-0.4, -0.2) is 37.4 Å². The van der Waals surface area contributed by atoms with Gasteiger partial charge < -0.3 is 14.0 Å². The molecule has 0 bridgehead atoms. The number of aromatic nitrogens is 5. The summed E-state index contributed by atoms with van der Waals surface area (Å²) >= 11 is 0. The fourth-order valence-corrected chi connectivity index (χ4v) is 2.08. The smallest absolute Gasteiger partial charge is 0.311 e. The normalized spacial score (nSPS) is 10.7. The van der Waals surface area contributed by atoms with Gasteiger partial charge in [0.2, 0.25) is 5.75 Å². The van der Waals surface area contributed by atoms with Crippen LogP contribution in [0.3, 0.4) is 0 Å². The van der Waals surface area contributed by atoms with Gasteiger partial charge in [-0.3, -0.25) is 10.1 Å². The van der Waals surface area contributed by atoms with Gasteiger partial charge in [-0.25, -0.2) is 0 Å². The molecule has 3 aromatic rings. The highest BCUT2D eigenvalue weighted by atomic mass is 16.6. The van der Waals surface area contributed by atoms with E-state index in [2.05, 4.69) is 20.7 Å². The van der Waals surface area contributed by atoms with Crippen molar-refractivity contribution < 1.29 is 18.9 Å². The van der Waals surface area contributed by atoms with E-state index in [9.17, 15) is 10.1 Å². The molecule has 0 saturated heterocycles. The summed E-state index contributed by atoms with van der Waals surface area (Å²) in [5, 5.41) is 26.3. The molecule has 2 aromatic heterocycles. The molecule has 2 heterocycles. The lowest BCUT2D eigenvalue weighted by Crippen LogP contribution is -2.08. The van der Waals surface area contributed by atoms with E-state index in [0.29, 0.717) is 23.2 Å². The van der Waals surface area contributed by atoms with Crippen molar-refractivity contribution >= 4 is 5.69 Å². The lowest BCUT2D eigenvalue weighted by molar-refractivity contribution is -0.386. The Hall–Kier alpha value is -3.50. The Morgan fingerprint density at radius 1 is 1.36 bits per heavy atom. The summed E-state index contributed by atoms with van der Waals surface area (Å²) in [6, 6.07) is 4.22. The average molecular weight is 346 g/mol. The van der Waals surface area contributed by atoms with E-state index < -0.39 is 4.92 Å². The first-order valence-electron chi connectivity index (χ1n) is 7.17. The van der Waals surface area contributed by atoms with E-state index in [1.807, 2.05) is 6.92 Å². The van der Waals surface area contributed by atoms with Crippen LogP contribution in [0.15, 0.2) is 22.7 Å². The zero-order valence-electron chi connectivity index (χ0n) is 13.7. The maximum atomic E-state index is 11.1. The number of aryl methyl sites for hydroxylation is 1. The predicted molar refractivity (Wildman–Crippen MR) is 82.7 cm³/mol. The SMILES string of the molecule is COc1ccc([N+](=O)[O-])c(OCc2nnnn2-c2onc(C)c2C)c1. The molecule has 0 spiro atoms. The molecule has 0 aliphatic carbocycles. The second-order valence-electron chi connectivity index (χ2n) is 5.08. The van der Waals surface area contributed by atoms with Gasteiger partial charge in [0.25, 0.3) is 5.88 Å². The minimum Gasteiger partial charge on any atom is -0.497 e. The molecule has 0 N–H and O–H groups in total. The number of nitrogens with zero attached hydrogens (tertiary/aromatic N) is 6. The number of nitro benzene ring substituents is 1. The Morgan fingerprint density at radius 2 is 2.16 bits per heavy atom. The Morgan fingerprint density at radius 3 is 2.80 bits per heavy atom. The number of benzene rings is 1. The van der Waals surface area contributed by atoms with Crippen molar-refractivity contribution in [3.05, 3.63) is 45.4 Å². The predicted octanol–water partition coefficient (Wildman–Crippen LogP) is 1.76. The number of hydrogen-bond donors (Lipinski definition) is 0. The Kier molecular flexibility index (Phi) is 4.29.